The molecule has 2 aliphatic rings. The van der Waals surface area contributed by atoms with Crippen LogP contribution in [-0.4, -0.2) is 256 Å². The molecular formula is C105H166N8O16. The summed E-state index contributed by atoms with van der Waals surface area (Å²) in [6.45, 7) is 39.2. The monoisotopic (exact) mass is 1800 g/mol. The van der Waals surface area contributed by atoms with Crippen LogP contribution in [0.15, 0.2) is 109 Å². The fourth-order valence-electron chi connectivity index (χ4n) is 19.6. The second kappa shape index (κ2) is 55.3. The van der Waals surface area contributed by atoms with E-state index in [2.05, 4.69) is 152 Å². The second-order valence-electron chi connectivity index (χ2n) is 39.3. The van der Waals surface area contributed by atoms with Gasteiger partial charge in [0.25, 0.3) is 0 Å². The highest BCUT2D eigenvalue weighted by Crippen LogP contribution is 2.35. The predicted molar refractivity (Wildman–Crippen MR) is 512 cm³/mol. The van der Waals surface area contributed by atoms with Crippen LogP contribution in [0.4, 0.5) is 0 Å². The molecule has 6 amide bonds. The summed E-state index contributed by atoms with van der Waals surface area (Å²) in [5.41, 5.74) is 6.79. The first kappa shape index (κ1) is 111. The first-order chi connectivity index (χ1) is 61.0. The number of Topliss-reactive ketones (excluding diaryl/α,β-unsaturated/α-hetero) is 2. The molecule has 0 aromatic heterocycles. The molecule has 0 spiro atoms. The van der Waals surface area contributed by atoms with Gasteiger partial charge in [0.1, 0.15) is 12.1 Å². The van der Waals surface area contributed by atoms with Gasteiger partial charge in [-0.3, -0.25) is 48.2 Å². The number of carboxylic acid groups (broad SMARTS) is 1. The van der Waals surface area contributed by atoms with E-state index >= 15 is 0 Å². The van der Waals surface area contributed by atoms with Crippen molar-refractivity contribution in [3.63, 3.8) is 0 Å². The summed E-state index contributed by atoms with van der Waals surface area (Å²) in [4.78, 5) is 150. The number of likely N-dealkylation sites (tertiary alicyclic amines) is 2. The van der Waals surface area contributed by atoms with Gasteiger partial charge in [-0.2, -0.15) is 0 Å². The molecule has 4 aromatic carbocycles. The number of hydrogen-bond donors (Lipinski definition) is 3. The summed E-state index contributed by atoms with van der Waals surface area (Å²) in [5.74, 6) is -4.55. The Morgan fingerprint density at radius 3 is 1.04 bits per heavy atom. The molecular weight excluding hydrogens is 1630 g/mol. The van der Waals surface area contributed by atoms with Gasteiger partial charge in [-0.1, -0.05) is 247 Å². The summed E-state index contributed by atoms with van der Waals surface area (Å²) < 4.78 is 29.2. The van der Waals surface area contributed by atoms with E-state index in [0.29, 0.717) is 50.7 Å². The zero-order chi connectivity index (χ0) is 96.4. The molecule has 4 aromatic rings. The maximum absolute atomic E-state index is 14.7. The maximum Gasteiger partial charge on any atom is 0.328 e. The molecule has 2 fully saturated rings. The molecule has 722 valence electrons. The number of esters is 1. The van der Waals surface area contributed by atoms with Crippen molar-refractivity contribution in [3.8, 4) is 0 Å². The maximum atomic E-state index is 14.7. The lowest BCUT2D eigenvalue weighted by Crippen LogP contribution is -2.55. The fraction of sp³-hybridized carbons (Fsp3) is 0.676. The average Bonchev–Trinajstić information content (AvgIpc) is 1.75. The number of carbonyl (C=O) groups is 10. The summed E-state index contributed by atoms with van der Waals surface area (Å²) in [6, 6.07) is 31.7. The normalized spacial score (nSPS) is 18.0. The number of carbonyl (C=O) groups excluding carboxylic acids is 9. The van der Waals surface area contributed by atoms with Crippen LogP contribution in [0.25, 0.3) is 0 Å². The first-order valence-electron chi connectivity index (χ1n) is 47.9. The third kappa shape index (κ3) is 33.2. The van der Waals surface area contributed by atoms with E-state index < -0.39 is 102 Å². The van der Waals surface area contributed by atoms with Crippen LogP contribution in [0.2, 0.25) is 0 Å². The molecule has 6 rings (SSSR count). The highest BCUT2D eigenvalue weighted by molar-refractivity contribution is 5.92. The van der Waals surface area contributed by atoms with Gasteiger partial charge in [-0.25, -0.2) is 9.59 Å². The van der Waals surface area contributed by atoms with Crippen LogP contribution in [0.1, 0.15) is 222 Å². The topological polar surface area (TPSA) is 281 Å². The molecule has 24 heteroatoms. The molecule has 0 radical (unpaired) electrons. The minimum atomic E-state index is -1.13. The number of hydrogen-bond acceptors (Lipinski definition) is 17. The Balaban J connectivity index is 0.000000457. The minimum Gasteiger partial charge on any atom is -0.480 e. The highest BCUT2D eigenvalue weighted by atomic mass is 16.5. The standard InChI is InChI=1S/C53H84N4O8.C52H82N4O8/c1-15-37(8)49(56(11)52(61)42(35(4)5)32-45(58)48(36(6)7)55(10)29-27-39-23-25-41(26-24-39)30-34(2)3)46(63-12)33-47(59)57-28-19-22-44(57)50(64-13)38(9)51(60)54-43(53(62)65-14)31-40-20-17-16-18-21-40;1-14-36(8)48(55(11)51(60)41(34(4)5)31-44(57)47(35(6)7)54(10)28-26-38-22-24-40(25-23-38)29-33(2)3)45(63-12)32-46(58)56-27-18-21-43(56)49(64-13)37(9)50(59)53-42(52(61)62)30-39-19-16-15-17-20-39/h16-18,20-21,23-26,34-38,42-44,46,48-50H,15,19,22,27-33H2,1-14H3,(H,54,60);15-17,19-20,22-25,33-37,41-43,45,47-49H,14,18,21,26-32H2,1-13H3,(H,53,59)(H,61,62)/t37-,38+,42-,43-,44-,46+,48-,49-,50+;36-,37+,41-,42-,43-,45+,47-,48-,49+/m00/s1. The van der Waals surface area contributed by atoms with Gasteiger partial charge in [0.15, 0.2) is 11.6 Å². The minimum absolute atomic E-state index is 0.000743. The second-order valence-corrected chi connectivity index (χ2v) is 39.3. The first-order valence-corrected chi connectivity index (χ1v) is 47.9. The number of aliphatic carboxylic acids is 1. The lowest BCUT2D eigenvalue weighted by molar-refractivity contribution is -0.150. The van der Waals surface area contributed by atoms with Crippen molar-refractivity contribution in [2.24, 2.45) is 71.0 Å². The zero-order valence-corrected chi connectivity index (χ0v) is 83.6. The van der Waals surface area contributed by atoms with Crippen molar-refractivity contribution in [1.29, 1.82) is 0 Å². The van der Waals surface area contributed by atoms with Crippen LogP contribution >= 0.6 is 0 Å². The average molecular weight is 1800 g/mol. The van der Waals surface area contributed by atoms with Gasteiger partial charge in [0.05, 0.1) is 92.5 Å². The van der Waals surface area contributed by atoms with Gasteiger partial charge >= 0.3 is 11.9 Å². The van der Waals surface area contributed by atoms with Crippen molar-refractivity contribution in [3.05, 3.63) is 143 Å². The van der Waals surface area contributed by atoms with Gasteiger partial charge < -0.3 is 59.0 Å². The van der Waals surface area contributed by atoms with E-state index in [9.17, 15) is 53.1 Å². The lowest BCUT2D eigenvalue weighted by atomic mass is 9.83. The summed E-state index contributed by atoms with van der Waals surface area (Å²) in [6.07, 6.45) is 5.93. The number of ketones is 2. The van der Waals surface area contributed by atoms with E-state index in [1.165, 1.54) is 36.5 Å². The van der Waals surface area contributed by atoms with Gasteiger partial charge in [-0.15, -0.1) is 0 Å². The number of amides is 6. The SMILES string of the molecule is CC[C@H](C)[C@@H]([C@@H](CC(=O)N1CCC[C@H]1[C@H](OC)[C@@H](C)C(=O)N[C@@H](Cc1ccccc1)C(=O)O)OC)N(C)C(=O)[C@@H](CC(=O)[C@H](C(C)C)N(C)CCc1ccc(CC(C)C)cc1)C(C)C.CC[C@H](C)[C@@H]([C@@H](CC(=O)N1CCC[C@H]1[C@H](OC)[C@@H](C)C(=O)N[C@@H](Cc1ccccc1)C(=O)OC)OC)N(C)C(=O)[C@@H](CC(=O)[C@H](C(C)C)N(C)CCc1ccc(CC(C)C)cc1)C(C)C. The molecule has 0 unspecified atom stereocenters. The molecule has 18 atom stereocenters. The number of methoxy groups -OCH3 is 5. The lowest BCUT2D eigenvalue weighted by Gasteiger charge is -2.41. The Morgan fingerprint density at radius 2 is 0.744 bits per heavy atom. The number of nitrogens with zero attached hydrogens (tertiary/aromatic N) is 6. The van der Waals surface area contributed by atoms with E-state index in [1.54, 1.807) is 68.9 Å². The van der Waals surface area contributed by atoms with Crippen LogP contribution in [-0.2, 0) is 110 Å². The Hall–Kier alpha value is -8.26. The molecule has 2 saturated heterocycles. The summed E-state index contributed by atoms with van der Waals surface area (Å²) in [7, 11) is 15.1. The third-order valence-electron chi connectivity index (χ3n) is 27.3. The Kier molecular flexibility index (Phi) is 47.7. The Labute approximate surface area is 775 Å². The molecule has 0 bridgehead atoms. The van der Waals surface area contributed by atoms with Crippen LogP contribution in [0.5, 0.6) is 0 Å². The predicted octanol–water partition coefficient (Wildman–Crippen LogP) is 14.8. The van der Waals surface area contributed by atoms with E-state index in [1.807, 2.05) is 102 Å². The van der Waals surface area contributed by atoms with Gasteiger partial charge in [-0.05, 0) is 146 Å². The third-order valence-corrected chi connectivity index (χ3v) is 27.3. The molecule has 0 saturated carbocycles. The largest absolute Gasteiger partial charge is 0.480 e. The number of likely N-dealkylation sites (N-methyl/N-ethyl adjacent to an activating group) is 4. The smallest absolute Gasteiger partial charge is 0.328 e. The van der Waals surface area contributed by atoms with Crippen molar-refractivity contribution in [1.82, 2.24) is 40.0 Å². The van der Waals surface area contributed by atoms with E-state index in [-0.39, 0.29) is 127 Å². The molecule has 24 nitrogen and oxygen atoms in total. The van der Waals surface area contributed by atoms with Gasteiger partial charge in [0, 0.05) is 106 Å². The van der Waals surface area contributed by atoms with Gasteiger partial charge in [0.2, 0.25) is 35.4 Å². The van der Waals surface area contributed by atoms with Crippen molar-refractivity contribution >= 4 is 58.9 Å². The fourth-order valence-corrected chi connectivity index (χ4v) is 19.6. The number of benzene rings is 4. The molecule has 3 N–H and O–H groups in total. The molecule has 0 aliphatic carbocycles. The molecule has 2 aliphatic heterocycles. The quantitative estimate of drug-likeness (QED) is 0.0346. The zero-order valence-electron chi connectivity index (χ0n) is 83.6. The number of nitrogens with one attached hydrogen (secondary N) is 2. The number of ether oxygens (including phenoxy) is 5. The van der Waals surface area contributed by atoms with Crippen LogP contribution in [0, 0.1) is 71.0 Å². The Morgan fingerprint density at radius 1 is 0.419 bits per heavy atom. The molecule has 2 heterocycles. The molecule has 129 heavy (non-hydrogen) atoms. The summed E-state index contributed by atoms with van der Waals surface area (Å²) >= 11 is 0. The van der Waals surface area contributed by atoms with Crippen LogP contribution < -0.4 is 10.6 Å². The van der Waals surface area contributed by atoms with E-state index in [4.69, 9.17) is 23.7 Å². The van der Waals surface area contributed by atoms with Crippen molar-refractivity contribution in [2.45, 2.75) is 300 Å². The summed E-state index contributed by atoms with van der Waals surface area (Å²) in [5, 5.41) is 15.5. The highest BCUT2D eigenvalue weighted by Gasteiger charge is 2.47. The number of rotatable bonds is 54. The van der Waals surface area contributed by atoms with Crippen molar-refractivity contribution in [2.75, 3.05) is 89.9 Å². The Bertz CT molecular complexity index is 4070. The van der Waals surface area contributed by atoms with E-state index in [0.717, 1.165) is 62.6 Å². The number of carboxylic acids is 1. The van der Waals surface area contributed by atoms with Crippen molar-refractivity contribution < 1.29 is 76.7 Å². The van der Waals surface area contributed by atoms with Crippen LogP contribution in [0.3, 0.4) is 0 Å².